The van der Waals surface area contributed by atoms with Crippen molar-refractivity contribution in [3.8, 4) is 0 Å². The van der Waals surface area contributed by atoms with E-state index in [1.807, 2.05) is 60.7 Å². The van der Waals surface area contributed by atoms with Crippen LogP contribution in [0.2, 0.25) is 0 Å². The molecule has 0 saturated carbocycles. The number of nitrogens with zero attached hydrogens (tertiary/aromatic N) is 2. The van der Waals surface area contributed by atoms with Crippen molar-refractivity contribution >= 4 is 22.9 Å². The minimum absolute atomic E-state index is 0.353. The molecule has 0 saturated heterocycles. The highest BCUT2D eigenvalue weighted by molar-refractivity contribution is 6.05. The van der Waals surface area contributed by atoms with Crippen LogP contribution >= 0.6 is 0 Å². The molecule has 1 heterocycles. The largest absolute Gasteiger partial charge is 0.416 e. The number of amidine groups is 1. The Hall–Kier alpha value is -3.28. The second kappa shape index (κ2) is 6.22. The van der Waals surface area contributed by atoms with E-state index in [9.17, 15) is 13.2 Å². The Bertz CT molecular complexity index is 951. The van der Waals surface area contributed by atoms with Crippen LogP contribution in [0.1, 0.15) is 11.1 Å². The first-order valence-electron chi connectivity index (χ1n) is 7.99. The zero-order valence-electron chi connectivity index (χ0n) is 13.5. The predicted octanol–water partition coefficient (Wildman–Crippen LogP) is 5.44. The number of benzene rings is 3. The van der Waals surface area contributed by atoms with Gasteiger partial charge < -0.3 is 0 Å². The number of anilines is 2. The van der Waals surface area contributed by atoms with Crippen LogP contribution in [-0.2, 0) is 6.18 Å². The van der Waals surface area contributed by atoms with Gasteiger partial charge in [0.25, 0.3) is 0 Å². The molecule has 0 spiro atoms. The van der Waals surface area contributed by atoms with Gasteiger partial charge >= 0.3 is 6.18 Å². The van der Waals surface area contributed by atoms with E-state index in [2.05, 4.69) is 10.4 Å². The number of nitrogens with one attached hydrogen (secondary N) is 1. The Morgan fingerprint density at radius 2 is 1.46 bits per heavy atom. The lowest BCUT2D eigenvalue weighted by Crippen LogP contribution is -2.41. The van der Waals surface area contributed by atoms with Crippen LogP contribution in [0.4, 0.5) is 30.2 Å². The topological polar surface area (TPSA) is 27.6 Å². The molecule has 3 aromatic rings. The molecule has 4 rings (SSSR count). The third-order valence-corrected chi connectivity index (χ3v) is 4.06. The molecule has 0 bridgehead atoms. The summed E-state index contributed by atoms with van der Waals surface area (Å²) in [5.41, 5.74) is 4.82. The summed E-state index contributed by atoms with van der Waals surface area (Å²) in [4.78, 5) is 4.51. The maximum Gasteiger partial charge on any atom is 0.416 e. The van der Waals surface area contributed by atoms with Gasteiger partial charge in [0, 0.05) is 5.56 Å². The van der Waals surface area contributed by atoms with Gasteiger partial charge in [0.05, 0.1) is 22.6 Å². The van der Waals surface area contributed by atoms with Gasteiger partial charge in [-0.25, -0.2) is 4.99 Å². The summed E-state index contributed by atoms with van der Waals surface area (Å²) in [6.45, 7) is 0. The summed E-state index contributed by atoms with van der Waals surface area (Å²) >= 11 is 0. The van der Waals surface area contributed by atoms with E-state index in [1.165, 1.54) is 6.07 Å². The number of fused-ring (bicyclic) bond motifs is 1. The normalized spacial score (nSPS) is 13.7. The molecule has 0 radical (unpaired) electrons. The Kier molecular flexibility index (Phi) is 3.88. The Morgan fingerprint density at radius 1 is 0.808 bits per heavy atom. The maximum absolute atomic E-state index is 13.2. The van der Waals surface area contributed by atoms with Crippen LogP contribution in [0.15, 0.2) is 83.9 Å². The molecular weight excluding hydrogens is 339 g/mol. The van der Waals surface area contributed by atoms with Crippen LogP contribution < -0.4 is 10.4 Å². The van der Waals surface area contributed by atoms with Crippen molar-refractivity contribution in [2.24, 2.45) is 4.99 Å². The number of hydrogen-bond donors (Lipinski definition) is 1. The summed E-state index contributed by atoms with van der Waals surface area (Å²) in [5.74, 6) is 0.571. The molecular formula is C20H14F3N3. The molecule has 0 fully saturated rings. The maximum atomic E-state index is 13.2. The number of rotatable bonds is 2. The standard InChI is InChI=1S/C20H14F3N3/c21-20(22,23)15-11-12-17-18(13-15)26(16-9-5-2-6-10-16)25-19(24-17)14-7-3-1-4-8-14/h1-13H,(H,24,25). The van der Waals surface area contributed by atoms with Gasteiger partial charge in [0.2, 0.25) is 0 Å². The third kappa shape index (κ3) is 3.01. The van der Waals surface area contributed by atoms with Gasteiger partial charge in [0.15, 0.2) is 5.84 Å². The van der Waals surface area contributed by atoms with Gasteiger partial charge in [-0.2, -0.15) is 13.2 Å². The summed E-state index contributed by atoms with van der Waals surface area (Å²) in [6, 6.07) is 22.2. The molecule has 0 amide bonds. The second-order valence-corrected chi connectivity index (χ2v) is 5.81. The zero-order chi connectivity index (χ0) is 18.1. The van der Waals surface area contributed by atoms with E-state index >= 15 is 0 Å². The molecule has 0 atom stereocenters. The number of halogens is 3. The lowest BCUT2D eigenvalue weighted by Gasteiger charge is -2.32. The van der Waals surface area contributed by atoms with Gasteiger partial charge in [0.1, 0.15) is 0 Å². The van der Waals surface area contributed by atoms with Crippen molar-refractivity contribution in [3.63, 3.8) is 0 Å². The van der Waals surface area contributed by atoms with Crippen molar-refractivity contribution in [3.05, 3.63) is 90.0 Å². The van der Waals surface area contributed by atoms with E-state index in [1.54, 1.807) is 5.01 Å². The highest BCUT2D eigenvalue weighted by Crippen LogP contribution is 2.40. The Labute approximate surface area is 148 Å². The summed E-state index contributed by atoms with van der Waals surface area (Å²) in [5, 5.41) is 1.62. The van der Waals surface area contributed by atoms with E-state index in [4.69, 9.17) is 0 Å². The van der Waals surface area contributed by atoms with Gasteiger partial charge in [-0.3, -0.25) is 10.4 Å². The van der Waals surface area contributed by atoms with Crippen molar-refractivity contribution in [2.75, 3.05) is 5.01 Å². The van der Waals surface area contributed by atoms with Crippen molar-refractivity contribution in [1.82, 2.24) is 5.43 Å². The van der Waals surface area contributed by atoms with Crippen LogP contribution in [0.3, 0.4) is 0 Å². The molecule has 1 N–H and O–H groups in total. The molecule has 3 nitrogen and oxygen atoms in total. The molecule has 1 aliphatic heterocycles. The fraction of sp³-hybridized carbons (Fsp3) is 0.0500. The quantitative estimate of drug-likeness (QED) is 0.664. The predicted molar refractivity (Wildman–Crippen MR) is 95.8 cm³/mol. The Balaban J connectivity index is 1.87. The number of hydrazine groups is 1. The average Bonchev–Trinajstić information content (AvgIpc) is 2.67. The fourth-order valence-corrected chi connectivity index (χ4v) is 2.79. The first kappa shape index (κ1) is 16.2. The molecule has 0 unspecified atom stereocenters. The fourth-order valence-electron chi connectivity index (χ4n) is 2.79. The van der Waals surface area contributed by atoms with Crippen LogP contribution in [0.25, 0.3) is 0 Å². The summed E-state index contributed by atoms with van der Waals surface area (Å²) in [6.07, 6.45) is -4.42. The summed E-state index contributed by atoms with van der Waals surface area (Å²) in [7, 11) is 0. The molecule has 1 aliphatic rings. The smallest absolute Gasteiger partial charge is 0.276 e. The monoisotopic (exact) mass is 353 g/mol. The Morgan fingerprint density at radius 3 is 2.12 bits per heavy atom. The van der Waals surface area contributed by atoms with Crippen molar-refractivity contribution in [2.45, 2.75) is 6.18 Å². The lowest BCUT2D eigenvalue weighted by atomic mass is 10.1. The molecule has 6 heteroatoms. The third-order valence-electron chi connectivity index (χ3n) is 4.06. The average molecular weight is 353 g/mol. The summed E-state index contributed by atoms with van der Waals surface area (Å²) < 4.78 is 39.5. The van der Waals surface area contributed by atoms with E-state index in [-0.39, 0.29) is 0 Å². The van der Waals surface area contributed by atoms with Crippen LogP contribution in [0.5, 0.6) is 0 Å². The minimum Gasteiger partial charge on any atom is -0.276 e. The molecule has 130 valence electrons. The highest BCUT2D eigenvalue weighted by Gasteiger charge is 2.33. The highest BCUT2D eigenvalue weighted by atomic mass is 19.4. The van der Waals surface area contributed by atoms with Crippen LogP contribution in [0, 0.1) is 0 Å². The zero-order valence-corrected chi connectivity index (χ0v) is 13.5. The second-order valence-electron chi connectivity index (χ2n) is 5.81. The number of aliphatic imine (C=N–C) groups is 1. The van der Waals surface area contributed by atoms with Gasteiger partial charge in [-0.15, -0.1) is 0 Å². The molecule has 3 aromatic carbocycles. The SMILES string of the molecule is FC(F)(F)c1ccc2c(c1)N(c1ccccc1)NC(c1ccccc1)=N2. The van der Waals surface area contributed by atoms with E-state index in [0.29, 0.717) is 17.2 Å². The first-order valence-corrected chi connectivity index (χ1v) is 7.99. The number of para-hydroxylation sites is 1. The molecule has 0 aliphatic carbocycles. The number of alkyl halides is 3. The van der Waals surface area contributed by atoms with Crippen LogP contribution in [-0.4, -0.2) is 5.84 Å². The minimum atomic E-state index is -4.42. The van der Waals surface area contributed by atoms with Gasteiger partial charge in [-0.1, -0.05) is 48.5 Å². The molecule has 26 heavy (non-hydrogen) atoms. The molecule has 0 aromatic heterocycles. The van der Waals surface area contributed by atoms with E-state index in [0.717, 1.165) is 23.4 Å². The van der Waals surface area contributed by atoms with Gasteiger partial charge in [-0.05, 0) is 30.3 Å². The lowest BCUT2D eigenvalue weighted by molar-refractivity contribution is -0.137. The number of hydrogen-bond acceptors (Lipinski definition) is 3. The van der Waals surface area contributed by atoms with Crippen molar-refractivity contribution < 1.29 is 13.2 Å². The first-order chi connectivity index (χ1) is 12.5. The van der Waals surface area contributed by atoms with Crippen molar-refractivity contribution in [1.29, 1.82) is 0 Å². The van der Waals surface area contributed by atoms with E-state index < -0.39 is 11.7 Å².